The van der Waals surface area contributed by atoms with E-state index >= 15 is 0 Å². The van der Waals surface area contributed by atoms with E-state index in [1.165, 1.54) is 0 Å². The highest BCUT2D eigenvalue weighted by Gasteiger charge is 1.99. The van der Waals surface area contributed by atoms with Gasteiger partial charge in [-0.1, -0.05) is 19.7 Å². The maximum atomic E-state index is 5.15. The van der Waals surface area contributed by atoms with Crippen molar-refractivity contribution in [3.05, 3.63) is 12.0 Å². The lowest BCUT2D eigenvalue weighted by Gasteiger charge is -2.06. The average Bonchev–Trinajstić information content (AvgIpc) is 1.67. The molecule has 0 saturated carbocycles. The molecule has 0 rings (SSSR count). The second-order valence-corrected chi connectivity index (χ2v) is 4.41. The summed E-state index contributed by atoms with van der Waals surface area (Å²) in [7, 11) is -0.392. The van der Waals surface area contributed by atoms with Gasteiger partial charge in [-0.05, 0) is 6.92 Å². The number of hydrogen-bond donors (Lipinski definition) is 0. The molecule has 2 heteroatoms. The molecule has 0 aliphatic heterocycles. The number of ether oxygens (including phenoxy) is 1. The van der Waals surface area contributed by atoms with Gasteiger partial charge in [0.2, 0.25) is 0 Å². The van der Waals surface area contributed by atoms with Gasteiger partial charge in [-0.15, -0.1) is 0 Å². The van der Waals surface area contributed by atoms with Crippen molar-refractivity contribution in [1.29, 1.82) is 0 Å². The Morgan fingerprint density at radius 3 is 2.25 bits per heavy atom. The maximum Gasteiger partial charge on any atom is 0.126 e. The molecule has 8 heavy (non-hydrogen) atoms. The van der Waals surface area contributed by atoms with Crippen molar-refractivity contribution in [1.82, 2.24) is 0 Å². The van der Waals surface area contributed by atoms with Gasteiger partial charge in [0, 0.05) is 0 Å². The Morgan fingerprint density at radius 1 is 1.62 bits per heavy atom. The third kappa shape index (κ3) is 2.85. The quantitative estimate of drug-likeness (QED) is 0.417. The van der Waals surface area contributed by atoms with Crippen molar-refractivity contribution in [2.24, 2.45) is 0 Å². The van der Waals surface area contributed by atoms with E-state index in [0.29, 0.717) is 0 Å². The molecule has 0 aliphatic carbocycles. The van der Waals surface area contributed by atoms with Crippen LogP contribution in [0.3, 0.4) is 0 Å². The first kappa shape index (κ1) is 7.76. The van der Waals surface area contributed by atoms with Gasteiger partial charge in [0.15, 0.2) is 0 Å². The van der Waals surface area contributed by atoms with Crippen LogP contribution in [0.1, 0.15) is 6.92 Å². The molecule has 0 bridgehead atoms. The third-order valence-corrected chi connectivity index (χ3v) is 2.14. The summed E-state index contributed by atoms with van der Waals surface area (Å²) in [5, 5.41) is 0.984. The normalized spacial score (nSPS) is 9.50. The van der Waals surface area contributed by atoms with E-state index in [9.17, 15) is 0 Å². The fourth-order valence-electron chi connectivity index (χ4n) is 0.319. The summed E-state index contributed by atoms with van der Waals surface area (Å²) in [6.45, 7) is 10.8. The molecule has 0 fully saturated rings. The molecule has 0 aliphatic rings. The molecule has 0 unspecified atom stereocenters. The molecular weight excluding hydrogens is 116 g/mol. The Kier molecular flexibility index (Phi) is 3.61. The molecule has 0 saturated heterocycles. The molecule has 47 valence electrons. The average molecular weight is 129 g/mol. The highest BCUT2D eigenvalue weighted by Crippen LogP contribution is 1.97. The van der Waals surface area contributed by atoms with E-state index in [-0.39, 0.29) is 0 Å². The van der Waals surface area contributed by atoms with E-state index in [2.05, 4.69) is 19.7 Å². The molecule has 1 nitrogen and oxygen atoms in total. The highest BCUT2D eigenvalue weighted by molar-refractivity contribution is 6.63. The van der Waals surface area contributed by atoms with Crippen LogP contribution in [0.15, 0.2) is 12.0 Å². The summed E-state index contributed by atoms with van der Waals surface area (Å²) >= 11 is 0. The molecule has 0 amide bonds. The zero-order chi connectivity index (χ0) is 6.57. The van der Waals surface area contributed by atoms with Gasteiger partial charge in [-0.3, -0.25) is 0 Å². The Labute approximate surface area is 53.0 Å². The first-order valence-corrected chi connectivity index (χ1v) is 5.30. The van der Waals surface area contributed by atoms with Crippen molar-refractivity contribution in [2.75, 3.05) is 6.61 Å². The Balaban J connectivity index is 3.33. The van der Waals surface area contributed by atoms with E-state index in [1.54, 1.807) is 0 Å². The van der Waals surface area contributed by atoms with Gasteiger partial charge in [0.1, 0.15) is 8.80 Å². The Morgan fingerprint density at radius 2 is 2.12 bits per heavy atom. The lowest BCUT2D eigenvalue weighted by atomic mass is 10.9. The van der Waals surface area contributed by atoms with E-state index in [4.69, 9.17) is 4.74 Å². The fraction of sp³-hybridized carbons (Fsp3) is 0.667. The van der Waals surface area contributed by atoms with Gasteiger partial charge in [0.05, 0.1) is 12.0 Å². The molecule has 0 atom stereocenters. The zero-order valence-electron chi connectivity index (χ0n) is 5.82. The van der Waals surface area contributed by atoms with Crippen molar-refractivity contribution < 1.29 is 4.74 Å². The van der Waals surface area contributed by atoms with Crippen LogP contribution in [0.5, 0.6) is 0 Å². The molecule has 0 aromatic heterocycles. The van der Waals surface area contributed by atoms with Gasteiger partial charge >= 0.3 is 0 Å². The van der Waals surface area contributed by atoms with Crippen LogP contribution in [0, 0.1) is 0 Å². The van der Waals surface area contributed by atoms with Crippen molar-refractivity contribution in [2.45, 2.75) is 20.0 Å². The molecule has 0 aromatic rings. The van der Waals surface area contributed by atoms with Crippen molar-refractivity contribution in [3.8, 4) is 0 Å². The molecular formula is C6H13OSi. The number of rotatable bonds is 3. The van der Waals surface area contributed by atoms with Gasteiger partial charge < -0.3 is 4.74 Å². The van der Waals surface area contributed by atoms with Crippen LogP contribution in [-0.4, -0.2) is 15.4 Å². The molecule has 1 radical (unpaired) electrons. The summed E-state index contributed by atoms with van der Waals surface area (Å²) in [4.78, 5) is 0. The largest absolute Gasteiger partial charge is 0.504 e. The minimum absolute atomic E-state index is 0.392. The first-order valence-electron chi connectivity index (χ1n) is 2.80. The van der Waals surface area contributed by atoms with Crippen LogP contribution in [-0.2, 0) is 4.74 Å². The summed E-state index contributed by atoms with van der Waals surface area (Å²) in [6, 6.07) is 0. The summed E-state index contributed by atoms with van der Waals surface area (Å²) in [6.07, 6.45) is 0. The zero-order valence-corrected chi connectivity index (χ0v) is 6.82. The smallest absolute Gasteiger partial charge is 0.126 e. The second kappa shape index (κ2) is 3.72. The van der Waals surface area contributed by atoms with Crippen LogP contribution in [0.25, 0.3) is 0 Å². The van der Waals surface area contributed by atoms with E-state index in [0.717, 1.165) is 12.0 Å². The molecule has 0 aromatic carbocycles. The Hall–Kier alpha value is -0.243. The highest BCUT2D eigenvalue weighted by atomic mass is 28.3. The Bertz CT molecular complexity index is 78.6. The van der Waals surface area contributed by atoms with Crippen LogP contribution >= 0.6 is 0 Å². The lowest BCUT2D eigenvalue weighted by Crippen LogP contribution is -2.07. The molecule has 0 spiro atoms. The predicted molar refractivity (Wildman–Crippen MR) is 38.2 cm³/mol. The molecule has 0 heterocycles. The lowest BCUT2D eigenvalue weighted by molar-refractivity contribution is 0.253. The summed E-state index contributed by atoms with van der Waals surface area (Å²) in [5.74, 6) is 0. The van der Waals surface area contributed by atoms with Crippen LogP contribution in [0.2, 0.25) is 13.1 Å². The van der Waals surface area contributed by atoms with Crippen molar-refractivity contribution >= 4 is 8.80 Å². The van der Waals surface area contributed by atoms with E-state index in [1.807, 2.05) is 6.92 Å². The minimum Gasteiger partial charge on any atom is -0.504 e. The monoisotopic (exact) mass is 129 g/mol. The predicted octanol–water partition coefficient (Wildman–Crippen LogP) is 1.83. The standard InChI is InChI=1S/C6H13OSi/c1-5-7-6(2)8(3)4/h2,5H2,1,3-4H3. The first-order chi connectivity index (χ1) is 3.68. The van der Waals surface area contributed by atoms with Crippen molar-refractivity contribution in [3.63, 3.8) is 0 Å². The second-order valence-electron chi connectivity index (χ2n) is 1.86. The number of hydrogen-bond acceptors (Lipinski definition) is 1. The van der Waals surface area contributed by atoms with Gasteiger partial charge in [0.25, 0.3) is 0 Å². The van der Waals surface area contributed by atoms with E-state index < -0.39 is 8.80 Å². The molecule has 0 N–H and O–H groups in total. The van der Waals surface area contributed by atoms with Gasteiger partial charge in [-0.2, -0.15) is 0 Å². The maximum absolute atomic E-state index is 5.15. The summed E-state index contributed by atoms with van der Waals surface area (Å²) < 4.78 is 5.15. The van der Waals surface area contributed by atoms with Crippen LogP contribution in [0.4, 0.5) is 0 Å². The van der Waals surface area contributed by atoms with Crippen LogP contribution < -0.4 is 0 Å². The minimum atomic E-state index is -0.392. The SMILES string of the molecule is C=C(OCC)[Si](C)C. The third-order valence-electron chi connectivity index (χ3n) is 0.876. The topological polar surface area (TPSA) is 9.23 Å². The van der Waals surface area contributed by atoms with Gasteiger partial charge in [-0.25, -0.2) is 0 Å². The fourth-order valence-corrected chi connectivity index (χ4v) is 0.752. The summed E-state index contributed by atoms with van der Waals surface area (Å²) in [5.41, 5.74) is 0.